The fourth-order valence-electron chi connectivity index (χ4n) is 0.980. The highest BCUT2D eigenvalue weighted by Crippen LogP contribution is 2.26. The number of hydrogen-bond acceptors (Lipinski definition) is 4. The Labute approximate surface area is 96.3 Å². The Balaban J connectivity index is 2.31. The lowest BCUT2D eigenvalue weighted by Crippen LogP contribution is -1.96. The van der Waals surface area contributed by atoms with Crippen molar-refractivity contribution in [1.82, 2.24) is 10.2 Å². The van der Waals surface area contributed by atoms with Gasteiger partial charge in [-0.25, -0.2) is 8.78 Å². The van der Waals surface area contributed by atoms with E-state index in [-0.39, 0.29) is 5.69 Å². The molecule has 15 heavy (non-hydrogen) atoms. The van der Waals surface area contributed by atoms with Gasteiger partial charge in [0.25, 0.3) is 0 Å². The molecule has 0 unspecified atom stereocenters. The lowest BCUT2D eigenvalue weighted by atomic mass is 10.3. The fourth-order valence-corrected chi connectivity index (χ4v) is 2.00. The minimum atomic E-state index is -0.665. The molecular formula is C8H4BrF2N3S. The van der Waals surface area contributed by atoms with Gasteiger partial charge in [0, 0.05) is 0 Å². The highest BCUT2D eigenvalue weighted by molar-refractivity contribution is 9.11. The van der Waals surface area contributed by atoms with Crippen LogP contribution in [0.3, 0.4) is 0 Å². The van der Waals surface area contributed by atoms with Crippen LogP contribution in [0.5, 0.6) is 0 Å². The largest absolute Gasteiger partial charge is 0.325 e. The number of aromatic nitrogens is 2. The molecule has 7 heteroatoms. The van der Waals surface area contributed by atoms with Crippen LogP contribution in [0, 0.1) is 11.6 Å². The SMILES string of the molecule is Fc1cccc(F)c1Nc1nnc(Br)s1. The van der Waals surface area contributed by atoms with E-state index in [1.807, 2.05) is 0 Å². The molecule has 1 aromatic carbocycles. The summed E-state index contributed by atoms with van der Waals surface area (Å²) in [6, 6.07) is 3.63. The standard InChI is InChI=1S/C8H4BrF2N3S/c9-7-13-14-8(15-7)12-6-4(10)2-1-3-5(6)11/h1-3H,(H,12,14). The summed E-state index contributed by atoms with van der Waals surface area (Å²) in [5.74, 6) is -1.33. The predicted molar refractivity (Wildman–Crippen MR) is 57.2 cm³/mol. The van der Waals surface area contributed by atoms with E-state index in [1.54, 1.807) is 0 Å². The van der Waals surface area contributed by atoms with Gasteiger partial charge < -0.3 is 5.32 Å². The first-order valence-corrected chi connectivity index (χ1v) is 5.48. The van der Waals surface area contributed by atoms with Crippen molar-refractivity contribution in [1.29, 1.82) is 0 Å². The van der Waals surface area contributed by atoms with E-state index < -0.39 is 11.6 Å². The summed E-state index contributed by atoms with van der Waals surface area (Å²) in [5.41, 5.74) is -0.221. The molecule has 78 valence electrons. The maximum atomic E-state index is 13.2. The van der Waals surface area contributed by atoms with E-state index in [0.29, 0.717) is 9.05 Å². The van der Waals surface area contributed by atoms with Crippen molar-refractivity contribution in [3.8, 4) is 0 Å². The Kier molecular flexibility index (Phi) is 2.92. The van der Waals surface area contributed by atoms with Crippen molar-refractivity contribution in [2.45, 2.75) is 0 Å². The maximum absolute atomic E-state index is 13.2. The van der Waals surface area contributed by atoms with Crippen molar-refractivity contribution in [3.63, 3.8) is 0 Å². The molecule has 1 heterocycles. The summed E-state index contributed by atoms with van der Waals surface area (Å²) in [4.78, 5) is 0. The second kappa shape index (κ2) is 4.19. The minimum Gasteiger partial charge on any atom is -0.325 e. The molecule has 0 atom stereocenters. The molecule has 0 aliphatic rings. The van der Waals surface area contributed by atoms with Crippen LogP contribution < -0.4 is 5.32 Å². The molecule has 0 spiro atoms. The second-order valence-corrected chi connectivity index (χ2v) is 4.84. The van der Waals surface area contributed by atoms with Crippen LogP contribution in [-0.2, 0) is 0 Å². The topological polar surface area (TPSA) is 37.8 Å². The number of hydrogen-bond donors (Lipinski definition) is 1. The van der Waals surface area contributed by atoms with Crippen LogP contribution in [0.2, 0.25) is 0 Å². The van der Waals surface area contributed by atoms with Crippen molar-refractivity contribution in [3.05, 3.63) is 33.8 Å². The third-order valence-corrected chi connectivity index (χ3v) is 2.87. The van der Waals surface area contributed by atoms with E-state index in [9.17, 15) is 8.78 Å². The molecule has 0 saturated carbocycles. The number of anilines is 2. The van der Waals surface area contributed by atoms with Gasteiger partial charge in [-0.2, -0.15) is 0 Å². The Morgan fingerprint density at radius 1 is 1.20 bits per heavy atom. The van der Waals surface area contributed by atoms with Gasteiger partial charge in [0.05, 0.1) is 0 Å². The average molecular weight is 292 g/mol. The van der Waals surface area contributed by atoms with Crippen LogP contribution in [0.4, 0.5) is 19.6 Å². The van der Waals surface area contributed by atoms with Crippen LogP contribution in [0.1, 0.15) is 0 Å². The molecule has 2 aromatic rings. The second-order valence-electron chi connectivity index (χ2n) is 2.58. The zero-order chi connectivity index (χ0) is 10.8. The van der Waals surface area contributed by atoms with Gasteiger partial charge >= 0.3 is 0 Å². The molecule has 0 amide bonds. The van der Waals surface area contributed by atoms with Crippen molar-refractivity contribution >= 4 is 38.1 Å². The molecule has 0 radical (unpaired) electrons. The van der Waals surface area contributed by atoms with Crippen LogP contribution in [0.15, 0.2) is 22.1 Å². The van der Waals surface area contributed by atoms with Crippen LogP contribution in [-0.4, -0.2) is 10.2 Å². The molecule has 0 bridgehead atoms. The van der Waals surface area contributed by atoms with Gasteiger partial charge in [-0.3, -0.25) is 0 Å². The molecule has 3 nitrogen and oxygen atoms in total. The molecule has 0 aliphatic carbocycles. The summed E-state index contributed by atoms with van der Waals surface area (Å²) in [5, 5.41) is 10.2. The molecule has 2 rings (SSSR count). The Morgan fingerprint density at radius 2 is 1.87 bits per heavy atom. The monoisotopic (exact) mass is 291 g/mol. The number of rotatable bonds is 2. The predicted octanol–water partition coefficient (Wildman–Crippen LogP) is 3.32. The van der Waals surface area contributed by atoms with Crippen LogP contribution in [0.25, 0.3) is 0 Å². The first-order valence-electron chi connectivity index (χ1n) is 3.87. The van der Waals surface area contributed by atoms with Crippen molar-refractivity contribution in [2.24, 2.45) is 0 Å². The van der Waals surface area contributed by atoms with E-state index in [1.165, 1.54) is 18.2 Å². The van der Waals surface area contributed by atoms with Gasteiger partial charge in [0.2, 0.25) is 5.13 Å². The Bertz CT molecular complexity index is 468. The fraction of sp³-hybridized carbons (Fsp3) is 0. The van der Waals surface area contributed by atoms with E-state index >= 15 is 0 Å². The minimum absolute atomic E-state index is 0.221. The summed E-state index contributed by atoms with van der Waals surface area (Å²) in [6.45, 7) is 0. The first-order chi connectivity index (χ1) is 7.16. The maximum Gasteiger partial charge on any atom is 0.211 e. The third kappa shape index (κ3) is 2.29. The summed E-state index contributed by atoms with van der Waals surface area (Å²) in [7, 11) is 0. The molecule has 0 fully saturated rings. The lowest BCUT2D eigenvalue weighted by Gasteiger charge is -2.03. The quantitative estimate of drug-likeness (QED) is 0.922. The molecule has 1 N–H and O–H groups in total. The smallest absolute Gasteiger partial charge is 0.211 e. The first kappa shape index (κ1) is 10.4. The van der Waals surface area contributed by atoms with Gasteiger partial charge in [-0.1, -0.05) is 17.4 Å². The normalized spacial score (nSPS) is 10.3. The molecular weight excluding hydrogens is 288 g/mol. The third-order valence-electron chi connectivity index (χ3n) is 1.60. The highest BCUT2D eigenvalue weighted by Gasteiger charge is 2.10. The number of halogens is 3. The van der Waals surface area contributed by atoms with Crippen LogP contribution >= 0.6 is 27.3 Å². The molecule has 0 aliphatic heterocycles. The van der Waals surface area contributed by atoms with E-state index in [2.05, 4.69) is 31.4 Å². The van der Waals surface area contributed by atoms with Crippen molar-refractivity contribution in [2.75, 3.05) is 5.32 Å². The van der Waals surface area contributed by atoms with E-state index in [0.717, 1.165) is 11.3 Å². The summed E-state index contributed by atoms with van der Waals surface area (Å²) < 4.78 is 26.9. The Morgan fingerprint density at radius 3 is 2.40 bits per heavy atom. The zero-order valence-electron chi connectivity index (χ0n) is 7.17. The molecule has 1 aromatic heterocycles. The number of para-hydroxylation sites is 1. The number of benzene rings is 1. The summed E-state index contributed by atoms with van der Waals surface area (Å²) in [6.07, 6.45) is 0. The van der Waals surface area contributed by atoms with Gasteiger partial charge in [0.1, 0.15) is 17.3 Å². The lowest BCUT2D eigenvalue weighted by molar-refractivity contribution is 0.590. The Hall–Kier alpha value is -1.08. The zero-order valence-corrected chi connectivity index (χ0v) is 9.57. The highest BCUT2D eigenvalue weighted by atomic mass is 79.9. The van der Waals surface area contributed by atoms with Gasteiger partial charge in [0.15, 0.2) is 3.92 Å². The number of nitrogens with zero attached hydrogens (tertiary/aromatic N) is 2. The number of nitrogens with one attached hydrogen (secondary N) is 1. The van der Waals surface area contributed by atoms with Gasteiger partial charge in [-0.15, -0.1) is 10.2 Å². The van der Waals surface area contributed by atoms with Crippen molar-refractivity contribution < 1.29 is 8.78 Å². The summed E-state index contributed by atoms with van der Waals surface area (Å²) >= 11 is 4.25. The van der Waals surface area contributed by atoms with E-state index in [4.69, 9.17) is 0 Å². The van der Waals surface area contributed by atoms with Gasteiger partial charge in [-0.05, 0) is 28.1 Å². The average Bonchev–Trinajstić information content (AvgIpc) is 2.58. The molecule has 0 saturated heterocycles.